The van der Waals surface area contributed by atoms with Gasteiger partial charge < -0.3 is 4.42 Å². The highest BCUT2D eigenvalue weighted by Gasteiger charge is 2.21. The number of hydrogen-bond donors (Lipinski definition) is 0. The third kappa shape index (κ3) is 2.70. The summed E-state index contributed by atoms with van der Waals surface area (Å²) in [4.78, 5) is 10.2. The largest absolute Gasteiger partial charge is 0.455 e. The molecule has 8 aromatic rings. The fourth-order valence-electron chi connectivity index (χ4n) is 5.31. The molecule has 0 N–H and O–H groups in total. The summed E-state index contributed by atoms with van der Waals surface area (Å²) in [5.41, 5.74) is 6.32. The molecule has 36 heavy (non-hydrogen) atoms. The lowest BCUT2D eigenvalue weighted by molar-refractivity contribution is 0.673. The maximum absolute atomic E-state index is 6.64. The number of rotatable bonds is 2. The van der Waals surface area contributed by atoms with Gasteiger partial charge in [0.05, 0.1) is 11.1 Å². The van der Waals surface area contributed by atoms with Gasteiger partial charge in [-0.25, -0.2) is 9.97 Å². The fourth-order valence-corrected chi connectivity index (χ4v) is 5.31. The van der Waals surface area contributed by atoms with Crippen molar-refractivity contribution in [1.29, 1.82) is 0 Å². The van der Waals surface area contributed by atoms with E-state index < -0.39 is 0 Å². The van der Waals surface area contributed by atoms with Crippen molar-refractivity contribution >= 4 is 54.8 Å². The van der Waals surface area contributed by atoms with Crippen LogP contribution in [0.2, 0.25) is 0 Å². The number of hydrogen-bond acceptors (Lipinski definition) is 3. The van der Waals surface area contributed by atoms with Crippen LogP contribution >= 0.6 is 0 Å². The normalized spacial score (nSPS) is 11.9. The Hall–Kier alpha value is -4.96. The first-order chi connectivity index (χ1) is 17.8. The van der Waals surface area contributed by atoms with Crippen molar-refractivity contribution in [3.63, 3.8) is 0 Å². The lowest BCUT2D eigenvalue weighted by Gasteiger charge is -2.09. The highest BCUT2D eigenvalue weighted by molar-refractivity contribution is 6.17. The van der Waals surface area contributed by atoms with Crippen LogP contribution in [0.25, 0.3) is 71.9 Å². The van der Waals surface area contributed by atoms with Crippen LogP contribution in [0.5, 0.6) is 0 Å². The second-order valence-corrected chi connectivity index (χ2v) is 9.08. The summed E-state index contributed by atoms with van der Waals surface area (Å²) in [5, 5.41) is 5.54. The Morgan fingerprint density at radius 2 is 1.28 bits per heavy atom. The molecule has 0 aliphatic rings. The molecule has 4 heteroatoms. The zero-order valence-electron chi connectivity index (χ0n) is 19.2. The summed E-state index contributed by atoms with van der Waals surface area (Å²) in [6.07, 6.45) is 0. The minimum absolute atomic E-state index is 0.813. The van der Waals surface area contributed by atoms with Gasteiger partial charge in [-0.3, -0.25) is 4.57 Å². The van der Waals surface area contributed by atoms with Crippen molar-refractivity contribution in [3.05, 3.63) is 115 Å². The van der Waals surface area contributed by atoms with Gasteiger partial charge >= 0.3 is 0 Å². The molecule has 0 atom stereocenters. The molecule has 5 aromatic carbocycles. The van der Waals surface area contributed by atoms with Gasteiger partial charge in [0.25, 0.3) is 0 Å². The Labute approximate surface area is 206 Å². The summed E-state index contributed by atoms with van der Waals surface area (Å²) in [6, 6.07) is 39.5. The Morgan fingerprint density at radius 3 is 2.19 bits per heavy atom. The predicted molar refractivity (Wildman–Crippen MR) is 147 cm³/mol. The van der Waals surface area contributed by atoms with E-state index in [1.807, 2.05) is 36.4 Å². The lowest BCUT2D eigenvalue weighted by Crippen LogP contribution is -1.99. The standard InChI is InChI=1S/C32H19N3O/c1-2-11-22(12-3-1)35-31(34-28-19-21-10-5-7-16-27(21)33-32(28)35)26-15-8-14-24-25-18-17-20-9-4-6-13-23(20)29(25)36-30(24)26/h1-19H. The number of benzene rings is 5. The summed E-state index contributed by atoms with van der Waals surface area (Å²) in [6.45, 7) is 0. The first-order valence-corrected chi connectivity index (χ1v) is 12.0. The molecule has 0 aliphatic carbocycles. The SMILES string of the molecule is c1ccc(-n2c(-c3cccc4c3oc3c5ccccc5ccc43)nc3cc4ccccc4nc32)cc1. The number of para-hydroxylation sites is 3. The van der Waals surface area contributed by atoms with Crippen LogP contribution in [0.15, 0.2) is 120 Å². The van der Waals surface area contributed by atoms with Gasteiger partial charge in [0.1, 0.15) is 16.7 Å². The Bertz CT molecular complexity index is 2100. The molecule has 0 fully saturated rings. The molecule has 0 bridgehead atoms. The molecule has 0 saturated carbocycles. The lowest BCUT2D eigenvalue weighted by atomic mass is 10.0. The first-order valence-electron chi connectivity index (χ1n) is 12.0. The van der Waals surface area contributed by atoms with E-state index in [-0.39, 0.29) is 0 Å². The average Bonchev–Trinajstić information content (AvgIpc) is 3.50. The molecule has 3 heterocycles. The zero-order chi connectivity index (χ0) is 23.6. The minimum Gasteiger partial charge on any atom is -0.455 e. The van der Waals surface area contributed by atoms with Crippen LogP contribution in [0.4, 0.5) is 0 Å². The molecule has 0 spiro atoms. The second-order valence-electron chi connectivity index (χ2n) is 9.08. The quantitative estimate of drug-likeness (QED) is 0.260. The number of pyridine rings is 1. The molecule has 8 rings (SSSR count). The molecule has 0 saturated heterocycles. The molecule has 0 radical (unpaired) electrons. The summed E-state index contributed by atoms with van der Waals surface area (Å²) >= 11 is 0. The van der Waals surface area contributed by atoms with E-state index in [0.29, 0.717) is 0 Å². The van der Waals surface area contributed by atoms with Crippen molar-refractivity contribution in [2.45, 2.75) is 0 Å². The van der Waals surface area contributed by atoms with E-state index in [0.717, 1.165) is 71.9 Å². The van der Waals surface area contributed by atoms with E-state index in [1.165, 1.54) is 0 Å². The van der Waals surface area contributed by atoms with Crippen LogP contribution < -0.4 is 0 Å². The van der Waals surface area contributed by atoms with Crippen LogP contribution in [-0.4, -0.2) is 14.5 Å². The van der Waals surface area contributed by atoms with E-state index in [9.17, 15) is 0 Å². The summed E-state index contributed by atoms with van der Waals surface area (Å²) < 4.78 is 8.78. The van der Waals surface area contributed by atoms with Gasteiger partial charge in [-0.05, 0) is 41.8 Å². The zero-order valence-corrected chi connectivity index (χ0v) is 19.2. The predicted octanol–water partition coefficient (Wildman–Crippen LogP) is 8.29. The fraction of sp³-hybridized carbons (Fsp3) is 0. The molecule has 0 unspecified atom stereocenters. The number of aromatic nitrogens is 3. The van der Waals surface area contributed by atoms with E-state index in [1.54, 1.807) is 0 Å². The maximum atomic E-state index is 6.64. The Balaban J connectivity index is 1.50. The number of furan rings is 1. The minimum atomic E-state index is 0.813. The molecule has 3 aromatic heterocycles. The molecular weight excluding hydrogens is 442 g/mol. The van der Waals surface area contributed by atoms with Crippen molar-refractivity contribution in [3.8, 4) is 17.1 Å². The van der Waals surface area contributed by atoms with Crippen LogP contribution in [0, 0.1) is 0 Å². The van der Waals surface area contributed by atoms with Crippen molar-refractivity contribution in [2.75, 3.05) is 0 Å². The van der Waals surface area contributed by atoms with Crippen molar-refractivity contribution in [2.24, 2.45) is 0 Å². The Kier molecular flexibility index (Phi) is 3.91. The van der Waals surface area contributed by atoms with Gasteiger partial charge in [0, 0.05) is 27.2 Å². The number of nitrogens with zero attached hydrogens (tertiary/aromatic N) is 3. The van der Waals surface area contributed by atoms with E-state index in [4.69, 9.17) is 14.4 Å². The van der Waals surface area contributed by atoms with Crippen LogP contribution in [-0.2, 0) is 0 Å². The molecule has 168 valence electrons. The van der Waals surface area contributed by atoms with Gasteiger partial charge in [-0.2, -0.15) is 0 Å². The number of imidazole rings is 1. The highest BCUT2D eigenvalue weighted by atomic mass is 16.3. The molecule has 0 aliphatic heterocycles. The Morgan fingerprint density at radius 1 is 0.528 bits per heavy atom. The van der Waals surface area contributed by atoms with Crippen LogP contribution in [0.3, 0.4) is 0 Å². The monoisotopic (exact) mass is 461 g/mol. The molecular formula is C32H19N3O. The van der Waals surface area contributed by atoms with Gasteiger partial charge in [0.2, 0.25) is 0 Å². The topological polar surface area (TPSA) is 43.9 Å². The van der Waals surface area contributed by atoms with E-state index in [2.05, 4.69) is 83.4 Å². The second kappa shape index (κ2) is 7.27. The van der Waals surface area contributed by atoms with Crippen molar-refractivity contribution < 1.29 is 4.42 Å². The van der Waals surface area contributed by atoms with Crippen molar-refractivity contribution in [1.82, 2.24) is 14.5 Å². The molecule has 0 amide bonds. The third-order valence-corrected chi connectivity index (χ3v) is 6.98. The van der Waals surface area contributed by atoms with Gasteiger partial charge in [0.15, 0.2) is 11.5 Å². The number of fused-ring (bicyclic) bond motifs is 7. The highest BCUT2D eigenvalue weighted by Crippen LogP contribution is 2.40. The van der Waals surface area contributed by atoms with E-state index >= 15 is 0 Å². The van der Waals surface area contributed by atoms with Gasteiger partial charge in [-0.1, -0.05) is 78.9 Å². The summed E-state index contributed by atoms with van der Waals surface area (Å²) in [5.74, 6) is 0.813. The van der Waals surface area contributed by atoms with Crippen LogP contribution in [0.1, 0.15) is 0 Å². The smallest absolute Gasteiger partial charge is 0.165 e. The maximum Gasteiger partial charge on any atom is 0.165 e. The molecule has 4 nitrogen and oxygen atoms in total. The van der Waals surface area contributed by atoms with Gasteiger partial charge in [-0.15, -0.1) is 0 Å². The first kappa shape index (κ1) is 19.4. The average molecular weight is 462 g/mol. The third-order valence-electron chi connectivity index (χ3n) is 6.98. The summed E-state index contributed by atoms with van der Waals surface area (Å²) in [7, 11) is 0.